The molecule has 148 valence electrons. The lowest BCUT2D eigenvalue weighted by molar-refractivity contribution is -0.136. The van der Waals surface area contributed by atoms with Gasteiger partial charge in [0.2, 0.25) is 0 Å². The molecule has 2 aliphatic rings. The molecule has 5 nitrogen and oxygen atoms in total. The number of halogens is 1. The Labute approximate surface area is 166 Å². The second-order valence-corrected chi connectivity index (χ2v) is 8.36. The van der Waals surface area contributed by atoms with E-state index in [0.29, 0.717) is 13.1 Å². The quantitative estimate of drug-likeness (QED) is 0.864. The van der Waals surface area contributed by atoms with E-state index in [1.165, 1.54) is 18.4 Å². The standard InChI is InChI=1S/C21H28N2O3.ClH/c1-21(2)13-23(10-9-19(21)22)20(24)12-25-14-7-8-18-16(11-14)15-5-3-4-6-17(15)26-18;/h7-8,11,19H,3-6,9-10,12-13,22H2,1-2H3;1H. The molecule has 4 rings (SSSR count). The molecule has 2 aromatic rings. The van der Waals surface area contributed by atoms with E-state index in [1.54, 1.807) is 0 Å². The fraction of sp³-hybridized carbons (Fsp3) is 0.571. The molecule has 1 fully saturated rings. The van der Waals surface area contributed by atoms with E-state index in [1.807, 2.05) is 23.1 Å². The van der Waals surface area contributed by atoms with Gasteiger partial charge in [0, 0.05) is 36.5 Å². The molecule has 1 aromatic carbocycles. The van der Waals surface area contributed by atoms with E-state index < -0.39 is 0 Å². The fourth-order valence-electron chi connectivity index (χ4n) is 4.15. The zero-order valence-corrected chi connectivity index (χ0v) is 16.9. The van der Waals surface area contributed by atoms with Crippen LogP contribution in [0.2, 0.25) is 0 Å². The summed E-state index contributed by atoms with van der Waals surface area (Å²) in [6.07, 6.45) is 5.32. The van der Waals surface area contributed by atoms with Crippen molar-refractivity contribution >= 4 is 29.3 Å². The predicted octanol–water partition coefficient (Wildman–Crippen LogP) is 3.70. The second-order valence-electron chi connectivity index (χ2n) is 8.36. The van der Waals surface area contributed by atoms with Gasteiger partial charge in [0.05, 0.1) is 0 Å². The van der Waals surface area contributed by atoms with Crippen molar-refractivity contribution in [3.63, 3.8) is 0 Å². The van der Waals surface area contributed by atoms with Crippen LogP contribution in [-0.4, -0.2) is 36.5 Å². The molecular formula is C21H29ClN2O3. The van der Waals surface area contributed by atoms with Gasteiger partial charge >= 0.3 is 0 Å². The maximum Gasteiger partial charge on any atom is 0.260 e. The average Bonchev–Trinajstić information content (AvgIpc) is 3.00. The van der Waals surface area contributed by atoms with E-state index in [4.69, 9.17) is 14.9 Å². The van der Waals surface area contributed by atoms with Crippen LogP contribution in [0.4, 0.5) is 0 Å². The number of amides is 1. The molecule has 2 heterocycles. The van der Waals surface area contributed by atoms with Crippen LogP contribution < -0.4 is 10.5 Å². The van der Waals surface area contributed by atoms with Crippen LogP contribution in [0.5, 0.6) is 5.75 Å². The number of likely N-dealkylation sites (tertiary alicyclic amines) is 1. The molecule has 0 saturated carbocycles. The zero-order valence-electron chi connectivity index (χ0n) is 16.1. The summed E-state index contributed by atoms with van der Waals surface area (Å²) in [6.45, 7) is 5.70. The largest absolute Gasteiger partial charge is 0.484 e. The van der Waals surface area contributed by atoms with E-state index in [2.05, 4.69) is 13.8 Å². The minimum absolute atomic E-state index is 0. The monoisotopic (exact) mass is 392 g/mol. The van der Waals surface area contributed by atoms with Crippen molar-refractivity contribution in [1.82, 2.24) is 4.90 Å². The Morgan fingerprint density at radius 1 is 1.33 bits per heavy atom. The second kappa shape index (κ2) is 7.72. The molecule has 6 heteroatoms. The number of nitrogens with zero attached hydrogens (tertiary/aromatic N) is 1. The summed E-state index contributed by atoms with van der Waals surface area (Å²) in [5, 5.41) is 1.13. The minimum atomic E-state index is -0.0529. The van der Waals surface area contributed by atoms with Crippen molar-refractivity contribution in [2.45, 2.75) is 52.0 Å². The Kier molecular flexibility index (Phi) is 5.73. The van der Waals surface area contributed by atoms with Gasteiger partial charge in [-0.05, 0) is 49.3 Å². The highest BCUT2D eigenvalue weighted by Gasteiger charge is 2.35. The van der Waals surface area contributed by atoms with Gasteiger partial charge in [0.15, 0.2) is 6.61 Å². The normalized spacial score (nSPS) is 21.4. The third kappa shape index (κ3) is 3.94. The zero-order chi connectivity index (χ0) is 18.3. The van der Waals surface area contributed by atoms with Crippen molar-refractivity contribution < 1.29 is 13.9 Å². The number of carbonyl (C=O) groups is 1. The number of piperidine rings is 1. The van der Waals surface area contributed by atoms with Crippen LogP contribution in [0.25, 0.3) is 11.0 Å². The van der Waals surface area contributed by atoms with Gasteiger partial charge in [-0.1, -0.05) is 13.8 Å². The van der Waals surface area contributed by atoms with Gasteiger partial charge in [0.1, 0.15) is 17.1 Å². The van der Waals surface area contributed by atoms with Crippen molar-refractivity contribution in [3.8, 4) is 5.75 Å². The third-order valence-electron chi connectivity index (χ3n) is 5.95. The highest BCUT2D eigenvalue weighted by molar-refractivity contribution is 5.85. The number of rotatable bonds is 3. The van der Waals surface area contributed by atoms with Crippen LogP contribution in [0.1, 0.15) is 44.4 Å². The summed E-state index contributed by atoms with van der Waals surface area (Å²) in [4.78, 5) is 14.4. The first-order valence-corrected chi connectivity index (χ1v) is 9.64. The third-order valence-corrected chi connectivity index (χ3v) is 5.95. The highest BCUT2D eigenvalue weighted by atomic mass is 35.5. The summed E-state index contributed by atoms with van der Waals surface area (Å²) >= 11 is 0. The molecule has 1 amide bonds. The lowest BCUT2D eigenvalue weighted by Gasteiger charge is -2.42. The van der Waals surface area contributed by atoms with Crippen LogP contribution in [-0.2, 0) is 17.6 Å². The van der Waals surface area contributed by atoms with Crippen LogP contribution in [0, 0.1) is 5.41 Å². The predicted molar refractivity (Wildman–Crippen MR) is 109 cm³/mol. The summed E-state index contributed by atoms with van der Waals surface area (Å²) in [6, 6.07) is 6.01. The minimum Gasteiger partial charge on any atom is -0.484 e. The number of nitrogens with two attached hydrogens (primary N) is 1. The molecule has 1 saturated heterocycles. The van der Waals surface area contributed by atoms with E-state index in [-0.39, 0.29) is 36.4 Å². The van der Waals surface area contributed by atoms with Gasteiger partial charge in [-0.15, -0.1) is 12.4 Å². The average molecular weight is 393 g/mol. The molecule has 2 N–H and O–H groups in total. The van der Waals surface area contributed by atoms with Crippen LogP contribution in [0.3, 0.4) is 0 Å². The topological polar surface area (TPSA) is 68.7 Å². The molecule has 1 aromatic heterocycles. The molecular weight excluding hydrogens is 364 g/mol. The number of benzene rings is 1. The molecule has 0 bridgehead atoms. The molecule has 1 aliphatic heterocycles. The Hall–Kier alpha value is -1.72. The van der Waals surface area contributed by atoms with Gasteiger partial charge in [-0.25, -0.2) is 0 Å². The van der Waals surface area contributed by atoms with E-state index in [9.17, 15) is 4.79 Å². The maximum atomic E-state index is 12.6. The van der Waals surface area contributed by atoms with Crippen molar-refractivity contribution in [1.29, 1.82) is 0 Å². The summed E-state index contributed by atoms with van der Waals surface area (Å²) in [5.41, 5.74) is 8.34. The number of furan rings is 1. The number of fused-ring (bicyclic) bond motifs is 3. The van der Waals surface area contributed by atoms with Crippen molar-refractivity contribution in [2.75, 3.05) is 19.7 Å². The van der Waals surface area contributed by atoms with Gasteiger partial charge < -0.3 is 19.8 Å². The first kappa shape index (κ1) is 20.0. The Morgan fingerprint density at radius 2 is 2.11 bits per heavy atom. The van der Waals surface area contributed by atoms with Crippen molar-refractivity contribution in [2.24, 2.45) is 11.1 Å². The van der Waals surface area contributed by atoms with E-state index in [0.717, 1.165) is 41.7 Å². The molecule has 1 atom stereocenters. The lowest BCUT2D eigenvalue weighted by Crippen LogP contribution is -2.54. The molecule has 1 unspecified atom stereocenters. The SMILES string of the molecule is CC1(C)CN(C(=O)COc2ccc3oc4c(c3c2)CCCC4)CCC1N.Cl. The molecule has 27 heavy (non-hydrogen) atoms. The van der Waals surface area contributed by atoms with Crippen molar-refractivity contribution in [3.05, 3.63) is 29.5 Å². The number of ether oxygens (including phenoxy) is 1. The lowest BCUT2D eigenvalue weighted by atomic mass is 9.80. The number of hydrogen-bond donors (Lipinski definition) is 1. The fourth-order valence-corrected chi connectivity index (χ4v) is 4.15. The van der Waals surface area contributed by atoms with Crippen LogP contribution >= 0.6 is 12.4 Å². The number of aryl methyl sites for hydroxylation is 2. The Morgan fingerprint density at radius 3 is 2.89 bits per heavy atom. The highest BCUT2D eigenvalue weighted by Crippen LogP contribution is 2.34. The molecule has 1 aliphatic carbocycles. The van der Waals surface area contributed by atoms with Gasteiger partial charge in [-0.3, -0.25) is 4.79 Å². The summed E-state index contributed by atoms with van der Waals surface area (Å²) in [7, 11) is 0. The summed E-state index contributed by atoms with van der Waals surface area (Å²) in [5.74, 6) is 1.87. The first-order chi connectivity index (χ1) is 12.4. The Balaban J connectivity index is 0.00000210. The van der Waals surface area contributed by atoms with Crippen LogP contribution in [0.15, 0.2) is 22.6 Å². The van der Waals surface area contributed by atoms with Gasteiger partial charge in [-0.2, -0.15) is 0 Å². The smallest absolute Gasteiger partial charge is 0.260 e. The van der Waals surface area contributed by atoms with Gasteiger partial charge in [0.25, 0.3) is 5.91 Å². The number of carbonyl (C=O) groups excluding carboxylic acids is 1. The number of hydrogen-bond acceptors (Lipinski definition) is 4. The summed E-state index contributed by atoms with van der Waals surface area (Å²) < 4.78 is 11.8. The first-order valence-electron chi connectivity index (χ1n) is 9.64. The molecule has 0 spiro atoms. The molecule has 0 radical (unpaired) electrons. The maximum absolute atomic E-state index is 12.6. The van der Waals surface area contributed by atoms with E-state index >= 15 is 0 Å². The Bertz CT molecular complexity index is 830.